The van der Waals surface area contributed by atoms with Gasteiger partial charge in [-0.05, 0) is 28.9 Å². The summed E-state index contributed by atoms with van der Waals surface area (Å²) >= 11 is 8.91. The predicted molar refractivity (Wildman–Crippen MR) is 71.0 cm³/mol. The van der Waals surface area contributed by atoms with Crippen molar-refractivity contribution in [3.05, 3.63) is 50.7 Å². The van der Waals surface area contributed by atoms with Crippen LogP contribution in [0.15, 0.2) is 22.8 Å². The predicted octanol–water partition coefficient (Wildman–Crippen LogP) is 3.68. The van der Waals surface area contributed by atoms with Crippen LogP contribution in [0, 0.1) is 11.6 Å². The smallest absolute Gasteiger partial charge is 0.173 e. The number of aryl methyl sites for hydroxylation is 1. The second kappa shape index (κ2) is 5.56. The van der Waals surface area contributed by atoms with Crippen molar-refractivity contribution < 1.29 is 13.9 Å². The zero-order chi connectivity index (χ0) is 14.2. The van der Waals surface area contributed by atoms with Gasteiger partial charge < -0.3 is 5.11 Å². The maximum absolute atomic E-state index is 13.5. The van der Waals surface area contributed by atoms with E-state index >= 15 is 0 Å². The quantitative estimate of drug-likeness (QED) is 0.857. The van der Waals surface area contributed by atoms with Crippen molar-refractivity contribution in [1.29, 1.82) is 0 Å². The third kappa shape index (κ3) is 2.52. The maximum atomic E-state index is 13.5. The number of aliphatic hydroxyl groups excluding tert-OH is 1. The Morgan fingerprint density at radius 3 is 2.79 bits per heavy atom. The summed E-state index contributed by atoms with van der Waals surface area (Å²) in [7, 11) is 0. The van der Waals surface area contributed by atoms with Crippen LogP contribution in [0.1, 0.15) is 24.3 Å². The molecule has 0 fully saturated rings. The van der Waals surface area contributed by atoms with Crippen LogP contribution in [-0.2, 0) is 6.54 Å². The molecule has 0 saturated heterocycles. The Balaban J connectivity index is 2.53. The van der Waals surface area contributed by atoms with E-state index in [0.717, 1.165) is 6.07 Å². The Bertz CT molecular complexity index is 618. The van der Waals surface area contributed by atoms with Gasteiger partial charge in [-0.2, -0.15) is 5.10 Å². The van der Waals surface area contributed by atoms with Gasteiger partial charge in [-0.25, -0.2) is 8.78 Å². The molecule has 2 rings (SSSR count). The molecule has 3 nitrogen and oxygen atoms in total. The molecular weight excluding hydrogens is 341 g/mol. The summed E-state index contributed by atoms with van der Waals surface area (Å²) in [5.74, 6) is -2.03. The number of benzene rings is 1. The normalized spacial score (nSPS) is 12.7. The van der Waals surface area contributed by atoms with Gasteiger partial charge in [0.15, 0.2) is 11.6 Å². The molecule has 1 atom stereocenters. The van der Waals surface area contributed by atoms with Crippen LogP contribution >= 0.6 is 27.5 Å². The molecule has 0 aliphatic rings. The average Bonchev–Trinajstić information content (AvgIpc) is 2.76. The molecule has 19 heavy (non-hydrogen) atoms. The number of aliphatic hydroxyl groups is 1. The fourth-order valence-corrected chi connectivity index (χ4v) is 2.58. The molecule has 1 N–H and O–H groups in total. The lowest BCUT2D eigenvalue weighted by Gasteiger charge is -2.15. The fraction of sp³-hybridized carbons (Fsp3) is 0.250. The lowest BCUT2D eigenvalue weighted by molar-refractivity contribution is 0.206. The van der Waals surface area contributed by atoms with Crippen molar-refractivity contribution in [3.8, 4) is 0 Å². The van der Waals surface area contributed by atoms with Crippen LogP contribution < -0.4 is 0 Å². The van der Waals surface area contributed by atoms with Crippen LogP contribution in [0.4, 0.5) is 8.78 Å². The molecule has 7 heteroatoms. The first-order valence-corrected chi connectivity index (χ1v) is 6.67. The summed E-state index contributed by atoms with van der Waals surface area (Å²) in [5, 5.41) is 14.6. The van der Waals surface area contributed by atoms with Crippen molar-refractivity contribution in [1.82, 2.24) is 9.78 Å². The molecule has 0 radical (unpaired) electrons. The Kier molecular flexibility index (Phi) is 4.23. The zero-order valence-electron chi connectivity index (χ0n) is 9.87. The summed E-state index contributed by atoms with van der Waals surface area (Å²) in [6.07, 6.45) is 0.205. The minimum absolute atomic E-state index is 0.125. The van der Waals surface area contributed by atoms with Gasteiger partial charge in [-0.1, -0.05) is 17.7 Å². The van der Waals surface area contributed by atoms with Crippen LogP contribution in [0.5, 0.6) is 0 Å². The minimum Gasteiger partial charge on any atom is -0.382 e. The summed E-state index contributed by atoms with van der Waals surface area (Å²) in [5.41, 5.74) is 0.534. The molecule has 0 amide bonds. The lowest BCUT2D eigenvalue weighted by Crippen LogP contribution is -2.11. The van der Waals surface area contributed by atoms with Gasteiger partial charge in [-0.15, -0.1) is 0 Å². The highest BCUT2D eigenvalue weighted by Crippen LogP contribution is 2.34. The number of halogens is 4. The van der Waals surface area contributed by atoms with Gasteiger partial charge in [0.2, 0.25) is 0 Å². The van der Waals surface area contributed by atoms with Crippen molar-refractivity contribution in [3.63, 3.8) is 0 Å². The van der Waals surface area contributed by atoms with E-state index in [1.807, 2.05) is 6.92 Å². The van der Waals surface area contributed by atoms with Crippen LogP contribution in [-0.4, -0.2) is 14.9 Å². The number of aromatic nitrogens is 2. The number of rotatable bonds is 3. The van der Waals surface area contributed by atoms with E-state index in [9.17, 15) is 13.9 Å². The van der Waals surface area contributed by atoms with E-state index in [2.05, 4.69) is 21.0 Å². The summed E-state index contributed by atoms with van der Waals surface area (Å²) < 4.78 is 27.9. The van der Waals surface area contributed by atoms with Gasteiger partial charge in [0.25, 0.3) is 0 Å². The van der Waals surface area contributed by atoms with Gasteiger partial charge >= 0.3 is 0 Å². The Morgan fingerprint density at radius 1 is 1.47 bits per heavy atom. The maximum Gasteiger partial charge on any atom is 0.173 e. The minimum atomic E-state index is -1.19. The first-order chi connectivity index (χ1) is 8.97. The van der Waals surface area contributed by atoms with E-state index in [4.69, 9.17) is 11.6 Å². The average molecular weight is 352 g/mol. The Hall–Kier alpha value is -0.980. The van der Waals surface area contributed by atoms with Gasteiger partial charge in [0.1, 0.15) is 6.10 Å². The van der Waals surface area contributed by atoms with Gasteiger partial charge in [0, 0.05) is 12.1 Å². The van der Waals surface area contributed by atoms with Crippen molar-refractivity contribution >= 4 is 27.5 Å². The van der Waals surface area contributed by atoms with E-state index in [0.29, 0.717) is 12.2 Å². The zero-order valence-corrected chi connectivity index (χ0v) is 12.2. The van der Waals surface area contributed by atoms with Crippen LogP contribution in [0.25, 0.3) is 0 Å². The monoisotopic (exact) mass is 350 g/mol. The van der Waals surface area contributed by atoms with Gasteiger partial charge in [-0.3, -0.25) is 4.68 Å². The highest BCUT2D eigenvalue weighted by atomic mass is 79.9. The third-order valence-corrected chi connectivity index (χ3v) is 3.85. The molecule has 0 aliphatic heterocycles. The summed E-state index contributed by atoms with van der Waals surface area (Å²) in [6.45, 7) is 2.33. The molecule has 0 bridgehead atoms. The largest absolute Gasteiger partial charge is 0.382 e. The fourth-order valence-electron chi connectivity index (χ4n) is 1.80. The molecule has 0 saturated carbocycles. The van der Waals surface area contributed by atoms with Crippen LogP contribution in [0.2, 0.25) is 5.02 Å². The molecule has 1 aromatic carbocycles. The van der Waals surface area contributed by atoms with E-state index in [1.165, 1.54) is 16.9 Å². The summed E-state index contributed by atoms with van der Waals surface area (Å²) in [6, 6.07) is 2.26. The standard InChI is InChI=1S/C12H10BrClF2N2O/c1-2-18-11(7(14)5-17-18)12(19)6-3-4-8(15)10(16)9(6)13/h3-5,12,19H,2H2,1H3. The molecule has 1 unspecified atom stereocenters. The topological polar surface area (TPSA) is 38.0 Å². The first kappa shape index (κ1) is 14.4. The van der Waals surface area contributed by atoms with Crippen molar-refractivity contribution in [2.75, 3.05) is 0 Å². The van der Waals surface area contributed by atoms with E-state index in [-0.39, 0.29) is 15.1 Å². The molecule has 1 heterocycles. The Labute approximate surface area is 121 Å². The number of nitrogens with zero attached hydrogens (tertiary/aromatic N) is 2. The third-order valence-electron chi connectivity index (χ3n) is 2.75. The highest BCUT2D eigenvalue weighted by Gasteiger charge is 2.23. The van der Waals surface area contributed by atoms with E-state index < -0.39 is 17.7 Å². The van der Waals surface area contributed by atoms with Gasteiger partial charge in [0.05, 0.1) is 21.4 Å². The molecule has 0 aliphatic carbocycles. The summed E-state index contributed by atoms with van der Waals surface area (Å²) in [4.78, 5) is 0. The second-order valence-electron chi connectivity index (χ2n) is 3.86. The number of hydrogen-bond donors (Lipinski definition) is 1. The molecule has 1 aromatic heterocycles. The van der Waals surface area contributed by atoms with Crippen molar-refractivity contribution in [2.45, 2.75) is 19.6 Å². The van der Waals surface area contributed by atoms with E-state index in [1.54, 1.807) is 0 Å². The molecule has 0 spiro atoms. The first-order valence-electron chi connectivity index (χ1n) is 5.50. The second-order valence-corrected chi connectivity index (χ2v) is 5.06. The molecular formula is C12H10BrClF2N2O. The molecule has 102 valence electrons. The molecule has 2 aromatic rings. The Morgan fingerprint density at radius 2 is 2.16 bits per heavy atom. The van der Waals surface area contributed by atoms with Crippen LogP contribution in [0.3, 0.4) is 0 Å². The van der Waals surface area contributed by atoms with Crippen molar-refractivity contribution in [2.24, 2.45) is 0 Å². The highest BCUT2D eigenvalue weighted by molar-refractivity contribution is 9.10. The SMILES string of the molecule is CCn1ncc(Cl)c1C(O)c1ccc(F)c(F)c1Br. The number of hydrogen-bond acceptors (Lipinski definition) is 2. The lowest BCUT2D eigenvalue weighted by atomic mass is 10.1.